The number of halogens is 1. The van der Waals surface area contributed by atoms with Gasteiger partial charge in [-0.2, -0.15) is 0 Å². The van der Waals surface area contributed by atoms with Crippen LogP contribution in [0.1, 0.15) is 27.9 Å². The highest BCUT2D eigenvalue weighted by Crippen LogP contribution is 2.39. The molecule has 0 saturated carbocycles. The average molecular weight is 286 g/mol. The number of hydrogen-bond donors (Lipinski definition) is 1. The van der Waals surface area contributed by atoms with E-state index in [2.05, 4.69) is 5.16 Å². The first-order valence-electron chi connectivity index (χ1n) is 5.35. The Hall–Kier alpha value is -1.20. The summed E-state index contributed by atoms with van der Waals surface area (Å²) in [5, 5.41) is 13.6. The molecule has 1 aliphatic rings. The summed E-state index contributed by atoms with van der Waals surface area (Å²) in [7, 11) is 1.48. The van der Waals surface area contributed by atoms with E-state index in [9.17, 15) is 9.90 Å². The fourth-order valence-corrected chi connectivity index (χ4v) is 3.49. The van der Waals surface area contributed by atoms with Crippen LogP contribution < -0.4 is 0 Å². The van der Waals surface area contributed by atoms with Crippen LogP contribution >= 0.6 is 23.4 Å². The minimum Gasteiger partial charge on any atom is -0.478 e. The molecule has 0 fully saturated rings. The first-order valence-corrected chi connectivity index (χ1v) is 6.72. The number of hydrogen-bond acceptors (Lipinski definition) is 4. The zero-order chi connectivity index (χ0) is 13.3. The van der Waals surface area contributed by atoms with E-state index in [4.69, 9.17) is 16.4 Å². The molecule has 18 heavy (non-hydrogen) atoms. The molecule has 0 unspecified atom stereocenters. The van der Waals surface area contributed by atoms with Crippen LogP contribution in [0, 0.1) is 6.92 Å². The molecule has 0 aliphatic carbocycles. The molecule has 0 amide bonds. The van der Waals surface area contributed by atoms with E-state index in [1.807, 2.05) is 0 Å². The third kappa shape index (κ3) is 2.20. The molecular formula is C12H12ClNO3S. The normalized spacial score (nSPS) is 16.5. The summed E-state index contributed by atoms with van der Waals surface area (Å²) < 4.78 is 0. The quantitative estimate of drug-likeness (QED) is 0.848. The summed E-state index contributed by atoms with van der Waals surface area (Å²) in [4.78, 5) is 16.9. The molecule has 0 saturated heterocycles. The number of nitrogens with zero attached hydrogens (tertiary/aromatic N) is 1. The van der Waals surface area contributed by atoms with Crippen LogP contribution in [0.15, 0.2) is 16.1 Å². The van der Waals surface area contributed by atoms with E-state index in [-0.39, 0.29) is 5.56 Å². The average Bonchev–Trinajstić information content (AvgIpc) is 2.33. The van der Waals surface area contributed by atoms with Gasteiger partial charge in [0.1, 0.15) is 7.11 Å². The minimum absolute atomic E-state index is 0.213. The molecule has 1 aromatic carbocycles. The summed E-state index contributed by atoms with van der Waals surface area (Å²) in [6.07, 6.45) is 0.742. The monoisotopic (exact) mass is 285 g/mol. The van der Waals surface area contributed by atoms with Crippen molar-refractivity contribution in [3.8, 4) is 0 Å². The Morgan fingerprint density at radius 3 is 2.94 bits per heavy atom. The first kappa shape index (κ1) is 13.2. The van der Waals surface area contributed by atoms with Crippen molar-refractivity contribution in [1.29, 1.82) is 0 Å². The molecule has 0 aromatic heterocycles. The number of aromatic carboxylic acids is 1. The lowest BCUT2D eigenvalue weighted by atomic mass is 9.97. The number of carboxylic acid groups (broad SMARTS) is 1. The zero-order valence-electron chi connectivity index (χ0n) is 9.99. The van der Waals surface area contributed by atoms with E-state index < -0.39 is 5.97 Å². The molecule has 2 rings (SSSR count). The van der Waals surface area contributed by atoms with E-state index in [1.54, 1.807) is 18.7 Å². The number of oxime groups is 1. The minimum atomic E-state index is -0.982. The van der Waals surface area contributed by atoms with Crippen LogP contribution in [-0.2, 0) is 4.84 Å². The molecule has 0 radical (unpaired) electrons. The maximum absolute atomic E-state index is 11.2. The number of rotatable bonds is 2. The van der Waals surface area contributed by atoms with Crippen molar-refractivity contribution < 1.29 is 14.7 Å². The predicted molar refractivity (Wildman–Crippen MR) is 72.0 cm³/mol. The van der Waals surface area contributed by atoms with Crippen LogP contribution in [0.25, 0.3) is 0 Å². The second-order valence-corrected chi connectivity index (χ2v) is 5.37. The Labute approximate surface area is 114 Å². The molecule has 1 N–H and O–H groups in total. The second-order valence-electron chi connectivity index (χ2n) is 3.86. The Morgan fingerprint density at radius 1 is 1.61 bits per heavy atom. The fourth-order valence-electron chi connectivity index (χ4n) is 2.01. The molecular weight excluding hydrogens is 274 g/mol. The summed E-state index contributed by atoms with van der Waals surface area (Å²) in [5.74, 6) is -0.120. The molecule has 0 bridgehead atoms. The van der Waals surface area contributed by atoms with Crippen LogP contribution in [0.3, 0.4) is 0 Å². The topological polar surface area (TPSA) is 58.9 Å². The molecule has 1 heterocycles. The van der Waals surface area contributed by atoms with Gasteiger partial charge < -0.3 is 9.94 Å². The SMILES string of the molecule is CON=C1CCSc2c(Cl)cc(C(=O)O)c(C)c21. The van der Waals surface area contributed by atoms with Gasteiger partial charge >= 0.3 is 5.97 Å². The third-order valence-electron chi connectivity index (χ3n) is 2.80. The summed E-state index contributed by atoms with van der Waals surface area (Å²) in [5.41, 5.74) is 2.46. The summed E-state index contributed by atoms with van der Waals surface area (Å²) in [6, 6.07) is 1.50. The van der Waals surface area contributed by atoms with Gasteiger partial charge in [-0.25, -0.2) is 4.79 Å². The van der Waals surface area contributed by atoms with Crippen molar-refractivity contribution in [2.24, 2.45) is 5.16 Å². The van der Waals surface area contributed by atoms with Gasteiger partial charge in [0, 0.05) is 22.6 Å². The second kappa shape index (κ2) is 5.20. The third-order valence-corrected chi connectivity index (χ3v) is 4.33. The van der Waals surface area contributed by atoms with E-state index in [1.165, 1.54) is 13.2 Å². The molecule has 0 atom stereocenters. The van der Waals surface area contributed by atoms with Gasteiger partial charge in [-0.3, -0.25) is 0 Å². The molecule has 1 aromatic rings. The highest BCUT2D eigenvalue weighted by molar-refractivity contribution is 7.99. The maximum Gasteiger partial charge on any atom is 0.336 e. The Balaban J connectivity index is 2.71. The van der Waals surface area contributed by atoms with Crippen molar-refractivity contribution in [2.75, 3.05) is 12.9 Å². The lowest BCUT2D eigenvalue weighted by Crippen LogP contribution is -2.15. The molecule has 1 aliphatic heterocycles. The highest BCUT2D eigenvalue weighted by Gasteiger charge is 2.25. The van der Waals surface area contributed by atoms with Gasteiger partial charge in [0.15, 0.2) is 0 Å². The molecule has 96 valence electrons. The Bertz CT molecular complexity index is 543. The van der Waals surface area contributed by atoms with Gasteiger partial charge in [0.25, 0.3) is 0 Å². The van der Waals surface area contributed by atoms with E-state index in [0.29, 0.717) is 10.6 Å². The van der Waals surface area contributed by atoms with Crippen molar-refractivity contribution in [2.45, 2.75) is 18.2 Å². The van der Waals surface area contributed by atoms with Crippen LogP contribution in [-0.4, -0.2) is 29.7 Å². The Morgan fingerprint density at radius 2 is 2.33 bits per heavy atom. The maximum atomic E-state index is 11.2. The molecule has 0 spiro atoms. The summed E-state index contributed by atoms with van der Waals surface area (Å²) >= 11 is 7.77. The number of fused-ring (bicyclic) bond motifs is 1. The largest absolute Gasteiger partial charge is 0.478 e. The van der Waals surface area contributed by atoms with Crippen molar-refractivity contribution in [3.63, 3.8) is 0 Å². The van der Waals surface area contributed by atoms with Crippen molar-refractivity contribution >= 4 is 35.0 Å². The lowest BCUT2D eigenvalue weighted by Gasteiger charge is -2.21. The van der Waals surface area contributed by atoms with Crippen LogP contribution in [0.5, 0.6) is 0 Å². The predicted octanol–water partition coefficient (Wildman–Crippen LogP) is 3.19. The van der Waals surface area contributed by atoms with Crippen LogP contribution in [0.2, 0.25) is 5.02 Å². The van der Waals surface area contributed by atoms with Gasteiger partial charge in [-0.15, -0.1) is 11.8 Å². The molecule has 4 nitrogen and oxygen atoms in total. The number of thioether (sulfide) groups is 1. The Kier molecular flexibility index (Phi) is 3.82. The van der Waals surface area contributed by atoms with Gasteiger partial charge in [-0.05, 0) is 18.6 Å². The van der Waals surface area contributed by atoms with Gasteiger partial charge in [0.2, 0.25) is 0 Å². The smallest absolute Gasteiger partial charge is 0.336 e. The lowest BCUT2D eigenvalue weighted by molar-refractivity contribution is 0.0696. The first-order chi connectivity index (χ1) is 8.56. The fraction of sp³-hybridized carbons (Fsp3) is 0.333. The van der Waals surface area contributed by atoms with Gasteiger partial charge in [0.05, 0.1) is 16.3 Å². The van der Waals surface area contributed by atoms with Crippen molar-refractivity contribution in [1.82, 2.24) is 0 Å². The van der Waals surface area contributed by atoms with Crippen LogP contribution in [0.4, 0.5) is 0 Å². The van der Waals surface area contributed by atoms with Gasteiger partial charge in [-0.1, -0.05) is 16.8 Å². The molecule has 6 heteroatoms. The number of benzene rings is 1. The number of carbonyl (C=O) groups is 1. The van der Waals surface area contributed by atoms with E-state index >= 15 is 0 Å². The number of carboxylic acids is 1. The van der Waals surface area contributed by atoms with Crippen molar-refractivity contribution in [3.05, 3.63) is 27.8 Å². The standard InChI is InChI=1S/C12H12ClNO3S/c1-6-7(12(15)16)5-8(13)11-10(6)9(14-17-2)3-4-18-11/h5H,3-4H2,1-2H3,(H,15,16). The highest BCUT2D eigenvalue weighted by atomic mass is 35.5. The zero-order valence-corrected chi connectivity index (χ0v) is 11.6. The van der Waals surface area contributed by atoms with E-state index in [0.717, 1.165) is 28.3 Å². The summed E-state index contributed by atoms with van der Waals surface area (Å²) in [6.45, 7) is 1.77.